The van der Waals surface area contributed by atoms with Gasteiger partial charge in [0.15, 0.2) is 23.0 Å². The third-order valence-electron chi connectivity index (χ3n) is 4.74. The fourth-order valence-corrected chi connectivity index (χ4v) is 3.36. The van der Waals surface area contributed by atoms with Crippen LogP contribution in [0.1, 0.15) is 29.7 Å². The van der Waals surface area contributed by atoms with Crippen LogP contribution in [-0.4, -0.2) is 27.1 Å². The Labute approximate surface area is 158 Å². The maximum atomic E-state index is 5.55. The van der Waals surface area contributed by atoms with E-state index >= 15 is 0 Å². The average molecular weight is 366 g/mol. The van der Waals surface area contributed by atoms with Crippen LogP contribution in [-0.2, 0) is 6.42 Å². The molecule has 2 aliphatic rings. The van der Waals surface area contributed by atoms with Gasteiger partial charge in [-0.3, -0.25) is 0 Å². The lowest BCUT2D eigenvalue weighted by molar-refractivity contribution is 0.174. The van der Waals surface area contributed by atoms with Crippen molar-refractivity contribution in [1.82, 2.24) is 0 Å². The SMILES string of the molecule is COc1ccc(C=CC2N=NC(C)Cc3cc4c(cc32)OCO4)cc1OC. The van der Waals surface area contributed by atoms with Crippen LogP contribution >= 0.6 is 0 Å². The largest absolute Gasteiger partial charge is 0.493 e. The Morgan fingerprint density at radius 1 is 1.00 bits per heavy atom. The van der Waals surface area contributed by atoms with Crippen molar-refractivity contribution in [3.63, 3.8) is 0 Å². The highest BCUT2D eigenvalue weighted by atomic mass is 16.7. The van der Waals surface area contributed by atoms with Gasteiger partial charge in [0.05, 0.1) is 20.3 Å². The molecule has 2 aromatic carbocycles. The molecule has 2 unspecified atom stereocenters. The molecule has 27 heavy (non-hydrogen) atoms. The van der Waals surface area contributed by atoms with Crippen LogP contribution in [0.2, 0.25) is 0 Å². The molecule has 2 atom stereocenters. The minimum Gasteiger partial charge on any atom is -0.493 e. The third-order valence-corrected chi connectivity index (χ3v) is 4.74. The molecule has 0 aromatic heterocycles. The molecule has 0 saturated heterocycles. The molecule has 4 rings (SSSR count). The van der Waals surface area contributed by atoms with Gasteiger partial charge in [-0.05, 0) is 54.3 Å². The van der Waals surface area contributed by atoms with Gasteiger partial charge in [-0.2, -0.15) is 10.2 Å². The molecular formula is C21H22N2O4. The Balaban J connectivity index is 1.67. The van der Waals surface area contributed by atoms with E-state index in [1.54, 1.807) is 14.2 Å². The molecule has 140 valence electrons. The molecule has 0 N–H and O–H groups in total. The second-order valence-electron chi connectivity index (χ2n) is 6.61. The Hall–Kier alpha value is -3.02. The van der Waals surface area contributed by atoms with Crippen molar-refractivity contribution < 1.29 is 18.9 Å². The molecular weight excluding hydrogens is 344 g/mol. The van der Waals surface area contributed by atoms with Gasteiger partial charge in [0.2, 0.25) is 6.79 Å². The summed E-state index contributed by atoms with van der Waals surface area (Å²) in [5.41, 5.74) is 3.30. The number of azo groups is 1. The van der Waals surface area contributed by atoms with E-state index in [2.05, 4.69) is 23.2 Å². The zero-order chi connectivity index (χ0) is 18.8. The summed E-state index contributed by atoms with van der Waals surface area (Å²) < 4.78 is 21.7. The van der Waals surface area contributed by atoms with E-state index in [0.717, 1.165) is 29.0 Å². The van der Waals surface area contributed by atoms with Crippen molar-refractivity contribution in [2.75, 3.05) is 21.0 Å². The second-order valence-corrected chi connectivity index (χ2v) is 6.61. The highest BCUT2D eigenvalue weighted by molar-refractivity contribution is 5.58. The molecule has 0 aliphatic carbocycles. The van der Waals surface area contributed by atoms with E-state index in [0.29, 0.717) is 11.5 Å². The summed E-state index contributed by atoms with van der Waals surface area (Å²) in [6.07, 6.45) is 4.90. The molecule has 2 aliphatic heterocycles. The lowest BCUT2D eigenvalue weighted by Crippen LogP contribution is -2.02. The van der Waals surface area contributed by atoms with Crippen LogP contribution in [0.3, 0.4) is 0 Å². The Morgan fingerprint density at radius 2 is 1.78 bits per heavy atom. The first-order valence-electron chi connectivity index (χ1n) is 8.90. The summed E-state index contributed by atoms with van der Waals surface area (Å²) in [5.74, 6) is 2.96. The molecule has 2 heterocycles. The first-order chi connectivity index (χ1) is 13.2. The van der Waals surface area contributed by atoms with Crippen molar-refractivity contribution in [2.45, 2.75) is 25.4 Å². The van der Waals surface area contributed by atoms with Crippen LogP contribution in [0.5, 0.6) is 23.0 Å². The maximum absolute atomic E-state index is 5.55. The maximum Gasteiger partial charge on any atom is 0.231 e. The molecule has 6 nitrogen and oxygen atoms in total. The highest BCUT2D eigenvalue weighted by Crippen LogP contribution is 2.40. The normalized spacial score (nSPS) is 20.4. The zero-order valence-electron chi connectivity index (χ0n) is 15.6. The van der Waals surface area contributed by atoms with Crippen LogP contribution in [0.4, 0.5) is 0 Å². The molecule has 0 bridgehead atoms. The lowest BCUT2D eigenvalue weighted by atomic mass is 9.95. The van der Waals surface area contributed by atoms with Gasteiger partial charge in [-0.1, -0.05) is 18.2 Å². The van der Waals surface area contributed by atoms with Crippen molar-refractivity contribution in [1.29, 1.82) is 0 Å². The number of fused-ring (bicyclic) bond motifs is 2. The van der Waals surface area contributed by atoms with Crippen LogP contribution < -0.4 is 18.9 Å². The molecule has 0 radical (unpaired) electrons. The van der Waals surface area contributed by atoms with Crippen LogP contribution in [0, 0.1) is 0 Å². The van der Waals surface area contributed by atoms with Gasteiger partial charge in [0.25, 0.3) is 0 Å². The number of hydrogen-bond acceptors (Lipinski definition) is 6. The minimum absolute atomic E-state index is 0.128. The Bertz CT molecular complexity index is 907. The van der Waals surface area contributed by atoms with E-state index in [9.17, 15) is 0 Å². The van der Waals surface area contributed by atoms with Crippen molar-refractivity contribution >= 4 is 6.08 Å². The smallest absolute Gasteiger partial charge is 0.231 e. The van der Waals surface area contributed by atoms with Crippen LogP contribution in [0.25, 0.3) is 6.08 Å². The van der Waals surface area contributed by atoms with Gasteiger partial charge in [0, 0.05) is 0 Å². The summed E-state index contributed by atoms with van der Waals surface area (Å²) in [4.78, 5) is 0. The monoisotopic (exact) mass is 366 g/mol. The standard InChI is InChI=1S/C21H22N2O4/c1-13-8-15-10-20-21(27-12-26-20)11-16(15)17(23-22-13)6-4-14-5-7-18(24-2)19(9-14)25-3/h4-7,9-11,13,17H,8,12H2,1-3H3. The predicted molar refractivity (Wildman–Crippen MR) is 102 cm³/mol. The molecule has 6 heteroatoms. The number of rotatable bonds is 4. The fourth-order valence-electron chi connectivity index (χ4n) is 3.36. The van der Waals surface area contributed by atoms with Gasteiger partial charge >= 0.3 is 0 Å². The molecule has 0 fully saturated rings. The van der Waals surface area contributed by atoms with Gasteiger partial charge in [-0.15, -0.1) is 0 Å². The Kier molecular flexibility index (Phi) is 4.71. The van der Waals surface area contributed by atoms with Gasteiger partial charge < -0.3 is 18.9 Å². The molecule has 2 aromatic rings. The summed E-state index contributed by atoms with van der Waals surface area (Å²) >= 11 is 0. The zero-order valence-corrected chi connectivity index (χ0v) is 15.6. The van der Waals surface area contributed by atoms with Crippen molar-refractivity contribution in [2.24, 2.45) is 10.2 Å². The number of methoxy groups -OCH3 is 2. The Morgan fingerprint density at radius 3 is 2.56 bits per heavy atom. The molecule has 0 saturated carbocycles. The second kappa shape index (κ2) is 7.31. The summed E-state index contributed by atoms with van der Waals surface area (Å²) in [5, 5.41) is 8.99. The van der Waals surface area contributed by atoms with Gasteiger partial charge in [0.1, 0.15) is 6.04 Å². The predicted octanol–water partition coefficient (Wildman–Crippen LogP) is 4.58. The van der Waals surface area contributed by atoms with Gasteiger partial charge in [-0.25, -0.2) is 0 Å². The van der Waals surface area contributed by atoms with Crippen molar-refractivity contribution in [3.8, 4) is 23.0 Å². The molecule has 0 spiro atoms. The number of nitrogens with zero attached hydrogens (tertiary/aromatic N) is 2. The molecule has 0 amide bonds. The highest BCUT2D eigenvalue weighted by Gasteiger charge is 2.24. The first kappa shape index (κ1) is 17.4. The summed E-state index contributed by atoms with van der Waals surface area (Å²) in [6.45, 7) is 2.33. The summed E-state index contributed by atoms with van der Waals surface area (Å²) in [6, 6.07) is 9.85. The first-order valence-corrected chi connectivity index (χ1v) is 8.90. The van der Waals surface area contributed by atoms with Crippen LogP contribution in [0.15, 0.2) is 46.6 Å². The lowest BCUT2D eigenvalue weighted by Gasteiger charge is -2.12. The van der Waals surface area contributed by atoms with E-state index in [1.807, 2.05) is 36.4 Å². The van der Waals surface area contributed by atoms with E-state index in [4.69, 9.17) is 18.9 Å². The van der Waals surface area contributed by atoms with E-state index in [-0.39, 0.29) is 18.9 Å². The number of ether oxygens (including phenoxy) is 4. The van der Waals surface area contributed by atoms with Crippen molar-refractivity contribution in [3.05, 3.63) is 53.1 Å². The number of hydrogen-bond donors (Lipinski definition) is 0. The quantitative estimate of drug-likeness (QED) is 0.794. The average Bonchev–Trinajstić information content (AvgIpc) is 3.08. The number of benzene rings is 2. The topological polar surface area (TPSA) is 61.6 Å². The fraction of sp³-hybridized carbons (Fsp3) is 0.333. The third kappa shape index (κ3) is 3.47. The van der Waals surface area contributed by atoms with E-state index < -0.39 is 0 Å². The van der Waals surface area contributed by atoms with E-state index in [1.165, 1.54) is 5.56 Å². The minimum atomic E-state index is -0.174. The summed E-state index contributed by atoms with van der Waals surface area (Å²) in [7, 11) is 3.26.